The number of aryl methyl sites for hydroxylation is 1. The van der Waals surface area contributed by atoms with Crippen molar-refractivity contribution in [2.75, 3.05) is 25.0 Å². The highest BCUT2D eigenvalue weighted by molar-refractivity contribution is 7.89. The molecule has 0 aliphatic carbocycles. The number of hydrogen-bond acceptors (Lipinski definition) is 4. The van der Waals surface area contributed by atoms with E-state index in [-0.39, 0.29) is 23.8 Å². The first kappa shape index (κ1) is 16.9. The van der Waals surface area contributed by atoms with Gasteiger partial charge < -0.3 is 11.1 Å². The highest BCUT2D eigenvalue weighted by Crippen LogP contribution is 2.26. The van der Waals surface area contributed by atoms with Crippen molar-refractivity contribution in [1.82, 2.24) is 4.31 Å². The van der Waals surface area contributed by atoms with Crippen LogP contribution in [0.5, 0.6) is 0 Å². The fraction of sp³-hybridized carbons (Fsp3) is 0.533. The van der Waals surface area contributed by atoms with Crippen LogP contribution in [0.4, 0.5) is 5.69 Å². The third kappa shape index (κ3) is 3.85. The summed E-state index contributed by atoms with van der Waals surface area (Å²) < 4.78 is 27.1. The van der Waals surface area contributed by atoms with Crippen LogP contribution in [0.1, 0.15) is 31.2 Å². The Hall–Kier alpha value is -1.44. The third-order valence-electron chi connectivity index (χ3n) is 3.78. The number of anilines is 1. The van der Waals surface area contributed by atoms with Crippen LogP contribution in [0.2, 0.25) is 0 Å². The average molecular weight is 325 g/mol. The summed E-state index contributed by atoms with van der Waals surface area (Å²) in [5.74, 6) is -0.215. The Bertz CT molecular complexity index is 637. The second-order valence-corrected chi connectivity index (χ2v) is 7.44. The van der Waals surface area contributed by atoms with Gasteiger partial charge in [0.15, 0.2) is 0 Å². The fourth-order valence-electron chi connectivity index (χ4n) is 2.55. The Balaban J connectivity index is 2.27. The molecule has 1 saturated heterocycles. The molecule has 1 aromatic carbocycles. The number of carbonyl (C=O) groups excluding carboxylic acids is 1. The van der Waals surface area contributed by atoms with Gasteiger partial charge in [0.2, 0.25) is 15.9 Å². The van der Waals surface area contributed by atoms with Crippen molar-refractivity contribution in [1.29, 1.82) is 0 Å². The minimum Gasteiger partial charge on any atom is -0.330 e. The predicted molar refractivity (Wildman–Crippen MR) is 86.1 cm³/mol. The zero-order chi connectivity index (χ0) is 16.2. The number of benzene rings is 1. The lowest BCUT2D eigenvalue weighted by Crippen LogP contribution is -2.36. The molecule has 1 aromatic rings. The van der Waals surface area contributed by atoms with E-state index in [0.717, 1.165) is 19.3 Å². The lowest BCUT2D eigenvalue weighted by molar-refractivity contribution is -0.116. The van der Waals surface area contributed by atoms with E-state index in [9.17, 15) is 13.2 Å². The Morgan fingerprint density at radius 3 is 2.59 bits per heavy atom. The van der Waals surface area contributed by atoms with E-state index in [0.29, 0.717) is 24.3 Å². The summed E-state index contributed by atoms with van der Waals surface area (Å²) in [6, 6.07) is 4.96. The topological polar surface area (TPSA) is 92.5 Å². The van der Waals surface area contributed by atoms with Crippen LogP contribution in [0.25, 0.3) is 0 Å². The molecule has 1 fully saturated rings. The second kappa shape index (κ2) is 7.21. The molecular weight excluding hydrogens is 302 g/mol. The van der Waals surface area contributed by atoms with E-state index >= 15 is 0 Å². The maximum absolute atomic E-state index is 12.8. The minimum atomic E-state index is -3.51. The van der Waals surface area contributed by atoms with Gasteiger partial charge in [-0.2, -0.15) is 4.31 Å². The minimum absolute atomic E-state index is 0.210. The standard InChI is InChI=1S/C15H23N3O3S/c1-12-5-6-13(17-15(19)7-8-16)11-14(12)22(20,21)18-9-3-2-4-10-18/h5-6,11H,2-4,7-10,16H2,1H3,(H,17,19). The molecule has 0 radical (unpaired) electrons. The number of nitrogens with two attached hydrogens (primary N) is 1. The van der Waals surface area contributed by atoms with Gasteiger partial charge in [0.1, 0.15) is 0 Å². The molecule has 2 rings (SSSR count). The van der Waals surface area contributed by atoms with E-state index in [1.807, 2.05) is 0 Å². The average Bonchev–Trinajstić information content (AvgIpc) is 2.50. The van der Waals surface area contributed by atoms with E-state index in [1.54, 1.807) is 19.1 Å². The maximum atomic E-state index is 12.8. The summed E-state index contributed by atoms with van der Waals surface area (Å²) >= 11 is 0. The summed E-state index contributed by atoms with van der Waals surface area (Å²) in [4.78, 5) is 11.9. The SMILES string of the molecule is Cc1ccc(NC(=O)CCN)cc1S(=O)(=O)N1CCCCC1. The van der Waals surface area contributed by atoms with Crippen molar-refractivity contribution in [3.05, 3.63) is 23.8 Å². The number of nitrogens with one attached hydrogen (secondary N) is 1. The molecule has 1 amide bonds. The van der Waals surface area contributed by atoms with Gasteiger partial charge in [0, 0.05) is 31.7 Å². The number of amides is 1. The van der Waals surface area contributed by atoms with E-state index in [2.05, 4.69) is 5.32 Å². The first-order chi connectivity index (χ1) is 10.4. The largest absolute Gasteiger partial charge is 0.330 e. The third-order valence-corrected chi connectivity index (χ3v) is 5.82. The molecule has 1 aliphatic rings. The predicted octanol–water partition coefficient (Wildman–Crippen LogP) is 1.46. The van der Waals surface area contributed by atoms with Gasteiger partial charge >= 0.3 is 0 Å². The Morgan fingerprint density at radius 2 is 1.95 bits per heavy atom. The number of carbonyl (C=O) groups is 1. The van der Waals surface area contributed by atoms with Crippen molar-refractivity contribution < 1.29 is 13.2 Å². The Labute approximate surface area is 131 Å². The molecular formula is C15H23N3O3S. The van der Waals surface area contributed by atoms with Gasteiger partial charge in [-0.05, 0) is 37.5 Å². The number of hydrogen-bond donors (Lipinski definition) is 2. The van der Waals surface area contributed by atoms with Crippen molar-refractivity contribution in [2.45, 2.75) is 37.5 Å². The van der Waals surface area contributed by atoms with Crippen LogP contribution in [0.15, 0.2) is 23.1 Å². The lowest BCUT2D eigenvalue weighted by Gasteiger charge is -2.26. The monoisotopic (exact) mass is 325 g/mol. The van der Waals surface area contributed by atoms with Crippen LogP contribution in [-0.4, -0.2) is 38.3 Å². The first-order valence-corrected chi connectivity index (χ1v) is 9.00. The number of nitrogens with zero attached hydrogens (tertiary/aromatic N) is 1. The van der Waals surface area contributed by atoms with Crippen LogP contribution in [0.3, 0.4) is 0 Å². The number of sulfonamides is 1. The van der Waals surface area contributed by atoms with Crippen molar-refractivity contribution in [3.8, 4) is 0 Å². The van der Waals surface area contributed by atoms with Gasteiger partial charge in [-0.15, -0.1) is 0 Å². The molecule has 0 saturated carbocycles. The molecule has 122 valence electrons. The molecule has 0 unspecified atom stereocenters. The number of piperidine rings is 1. The van der Waals surface area contributed by atoms with Crippen molar-refractivity contribution >= 4 is 21.6 Å². The Kier molecular flexibility index (Phi) is 5.55. The quantitative estimate of drug-likeness (QED) is 0.857. The molecule has 1 heterocycles. The van der Waals surface area contributed by atoms with Gasteiger partial charge in [0.25, 0.3) is 0 Å². The summed E-state index contributed by atoms with van der Waals surface area (Å²) in [5.41, 5.74) is 6.51. The molecule has 7 heteroatoms. The summed E-state index contributed by atoms with van der Waals surface area (Å²) in [5, 5.41) is 2.68. The van der Waals surface area contributed by atoms with E-state index in [1.165, 1.54) is 10.4 Å². The molecule has 0 atom stereocenters. The van der Waals surface area contributed by atoms with Crippen molar-refractivity contribution in [3.63, 3.8) is 0 Å². The normalized spacial score (nSPS) is 16.5. The molecule has 0 spiro atoms. The summed E-state index contributed by atoms with van der Waals surface area (Å²) in [6.07, 6.45) is 3.07. The Morgan fingerprint density at radius 1 is 1.27 bits per heavy atom. The molecule has 0 aromatic heterocycles. The highest BCUT2D eigenvalue weighted by Gasteiger charge is 2.27. The zero-order valence-corrected chi connectivity index (χ0v) is 13.7. The molecule has 6 nitrogen and oxygen atoms in total. The van der Waals surface area contributed by atoms with Gasteiger partial charge in [-0.1, -0.05) is 12.5 Å². The van der Waals surface area contributed by atoms with E-state index < -0.39 is 10.0 Å². The van der Waals surface area contributed by atoms with Crippen LogP contribution in [-0.2, 0) is 14.8 Å². The molecule has 1 aliphatic heterocycles. The van der Waals surface area contributed by atoms with Crippen LogP contribution < -0.4 is 11.1 Å². The first-order valence-electron chi connectivity index (χ1n) is 7.56. The smallest absolute Gasteiger partial charge is 0.243 e. The second-order valence-electron chi connectivity index (χ2n) is 5.53. The molecule has 3 N–H and O–H groups in total. The van der Waals surface area contributed by atoms with E-state index in [4.69, 9.17) is 5.73 Å². The zero-order valence-electron chi connectivity index (χ0n) is 12.8. The van der Waals surface area contributed by atoms with Gasteiger partial charge in [-0.3, -0.25) is 4.79 Å². The molecule has 0 bridgehead atoms. The maximum Gasteiger partial charge on any atom is 0.243 e. The number of rotatable bonds is 5. The summed E-state index contributed by atoms with van der Waals surface area (Å²) in [6.45, 7) is 3.15. The fourth-order valence-corrected chi connectivity index (χ4v) is 4.32. The lowest BCUT2D eigenvalue weighted by atomic mass is 10.2. The molecule has 22 heavy (non-hydrogen) atoms. The van der Waals surface area contributed by atoms with Crippen LogP contribution in [0, 0.1) is 6.92 Å². The van der Waals surface area contributed by atoms with Crippen LogP contribution >= 0.6 is 0 Å². The summed E-state index contributed by atoms with van der Waals surface area (Å²) in [7, 11) is -3.51. The van der Waals surface area contributed by atoms with Gasteiger partial charge in [-0.25, -0.2) is 8.42 Å². The van der Waals surface area contributed by atoms with Crippen molar-refractivity contribution in [2.24, 2.45) is 5.73 Å². The highest BCUT2D eigenvalue weighted by atomic mass is 32.2. The van der Waals surface area contributed by atoms with Gasteiger partial charge in [0.05, 0.1) is 4.90 Å².